The number of unbranched alkanes of at least 4 members (excludes halogenated alkanes) is 1. The van der Waals surface area contributed by atoms with Crippen molar-refractivity contribution in [3.05, 3.63) is 160 Å². The van der Waals surface area contributed by atoms with Crippen LogP contribution in [0.5, 0.6) is 5.75 Å². The number of rotatable bonds is 11. The van der Waals surface area contributed by atoms with E-state index in [1.807, 2.05) is 18.2 Å². The molecule has 0 unspecified atom stereocenters. The van der Waals surface area contributed by atoms with Gasteiger partial charge in [-0.25, -0.2) is 0 Å². The van der Waals surface area contributed by atoms with E-state index in [-0.39, 0.29) is 34.1 Å². The lowest BCUT2D eigenvalue weighted by Crippen LogP contribution is -3.00. The van der Waals surface area contributed by atoms with Crippen LogP contribution in [0, 0.1) is 0 Å². The molecule has 0 aliphatic heterocycles. The monoisotopic (exact) mass is 768 g/mol. The molecule has 0 radical (unpaired) electrons. The highest BCUT2D eigenvalue weighted by atomic mass is 79.9. The zero-order valence-corrected chi connectivity index (χ0v) is 30.0. The lowest BCUT2D eigenvalue weighted by atomic mass is 10.1. The molecule has 8 heteroatoms. The number of amides is 1. The van der Waals surface area contributed by atoms with E-state index in [1.54, 1.807) is 41.9 Å². The summed E-state index contributed by atoms with van der Waals surface area (Å²) in [5.41, 5.74) is 1.22. The van der Waals surface area contributed by atoms with Crippen LogP contribution < -0.4 is 48.5 Å². The van der Waals surface area contributed by atoms with Gasteiger partial charge in [0, 0.05) is 22.5 Å². The van der Waals surface area contributed by atoms with Gasteiger partial charge in [-0.15, -0.1) is 0 Å². The van der Waals surface area contributed by atoms with E-state index in [4.69, 9.17) is 4.74 Å². The maximum Gasteiger partial charge on any atom is 0.274 e. The van der Waals surface area contributed by atoms with E-state index >= 15 is 0 Å². The van der Waals surface area contributed by atoms with Crippen molar-refractivity contribution in [3.63, 3.8) is 0 Å². The first-order valence-electron chi connectivity index (χ1n) is 15.3. The summed E-state index contributed by atoms with van der Waals surface area (Å²) >= 11 is 3.47. The minimum atomic E-state index is -1.86. The molecular weight excluding hydrogens is 735 g/mol. The van der Waals surface area contributed by atoms with Crippen LogP contribution in [0.3, 0.4) is 0 Å². The van der Waals surface area contributed by atoms with Crippen molar-refractivity contribution in [1.82, 2.24) is 4.57 Å². The summed E-state index contributed by atoms with van der Waals surface area (Å²) in [5.74, 6) is 0.360. The number of aromatic nitrogens is 1. The van der Waals surface area contributed by atoms with Gasteiger partial charge in [0.1, 0.15) is 34.6 Å². The molecule has 5 nitrogen and oxygen atoms in total. The Morgan fingerprint density at radius 1 is 0.745 bits per heavy atom. The van der Waals surface area contributed by atoms with Crippen LogP contribution in [0.1, 0.15) is 23.2 Å². The number of halogens is 2. The average molecular weight is 771 g/mol. The van der Waals surface area contributed by atoms with Crippen molar-refractivity contribution < 1.29 is 26.5 Å². The molecule has 0 saturated carbocycles. The molecule has 0 fully saturated rings. The fourth-order valence-corrected chi connectivity index (χ4v) is 10.8. The number of fused-ring (bicyclic) bond motifs is 1. The van der Waals surface area contributed by atoms with E-state index in [0.29, 0.717) is 17.9 Å². The third-order valence-corrected chi connectivity index (χ3v) is 13.3. The van der Waals surface area contributed by atoms with Crippen LogP contribution >= 0.6 is 23.2 Å². The minimum absolute atomic E-state index is 0. The third-order valence-electron chi connectivity index (χ3n) is 8.30. The average Bonchev–Trinajstić information content (AvgIpc) is 3.10. The van der Waals surface area contributed by atoms with Gasteiger partial charge >= 0.3 is 0 Å². The van der Waals surface area contributed by atoms with Gasteiger partial charge in [0.25, 0.3) is 11.5 Å². The maximum absolute atomic E-state index is 13.0. The Morgan fingerprint density at radius 2 is 1.30 bits per heavy atom. The number of carbonyl (C=O) groups excluding carboxylic acids is 1. The number of hydrogen-bond acceptors (Lipinski definition) is 3. The summed E-state index contributed by atoms with van der Waals surface area (Å²) < 4.78 is 8.55. The van der Waals surface area contributed by atoms with Gasteiger partial charge in [-0.2, -0.15) is 0 Å². The highest BCUT2D eigenvalue weighted by molar-refractivity contribution is 9.10. The second-order valence-corrected chi connectivity index (χ2v) is 15.7. The summed E-state index contributed by atoms with van der Waals surface area (Å²) in [6.07, 6.45) is 2.95. The number of aryl methyl sites for hydroxylation is 1. The molecule has 5 aromatic carbocycles. The zero-order chi connectivity index (χ0) is 31.9. The molecule has 1 N–H and O–H groups in total. The summed E-state index contributed by atoms with van der Waals surface area (Å²) in [4.78, 5) is 25.9. The second-order valence-electron chi connectivity index (χ2n) is 11.2. The zero-order valence-electron chi connectivity index (χ0n) is 26.0. The number of hydrogen-bond donors (Lipinski definition) is 1. The number of carbonyl (C=O) groups is 1. The number of nitrogens with one attached hydrogen (secondary N) is 1. The smallest absolute Gasteiger partial charge is 0.274 e. The molecule has 0 spiro atoms. The number of nitrogens with zero attached hydrogens (tertiary/aromatic N) is 1. The van der Waals surface area contributed by atoms with Crippen molar-refractivity contribution in [2.45, 2.75) is 12.8 Å². The van der Waals surface area contributed by atoms with Crippen molar-refractivity contribution in [1.29, 1.82) is 0 Å². The van der Waals surface area contributed by atoms with Crippen molar-refractivity contribution in [2.24, 2.45) is 7.05 Å². The van der Waals surface area contributed by atoms with E-state index < -0.39 is 7.26 Å². The number of ether oxygens (including phenoxy) is 1. The predicted octanol–water partition coefficient (Wildman–Crippen LogP) is 4.71. The van der Waals surface area contributed by atoms with E-state index in [0.717, 1.165) is 34.4 Å². The fourth-order valence-electron chi connectivity index (χ4n) is 5.96. The Balaban J connectivity index is 0.00000433. The molecule has 0 aliphatic carbocycles. The van der Waals surface area contributed by atoms with Crippen molar-refractivity contribution in [3.8, 4) is 5.75 Å². The molecule has 1 heterocycles. The maximum atomic E-state index is 13.0. The first-order chi connectivity index (χ1) is 22.5. The molecule has 0 bridgehead atoms. The Kier molecular flexibility index (Phi) is 11.5. The van der Waals surface area contributed by atoms with E-state index in [9.17, 15) is 9.59 Å². The van der Waals surface area contributed by atoms with Crippen molar-refractivity contribution in [2.75, 3.05) is 18.1 Å². The van der Waals surface area contributed by atoms with Gasteiger partial charge in [0.05, 0.1) is 18.3 Å². The molecule has 1 amide bonds. The molecule has 47 heavy (non-hydrogen) atoms. The predicted molar refractivity (Wildman–Crippen MR) is 196 cm³/mol. The summed E-state index contributed by atoms with van der Waals surface area (Å²) in [6.45, 7) is 0.576. The highest BCUT2D eigenvalue weighted by Gasteiger charge is 2.44. The molecule has 6 rings (SSSR count). The van der Waals surface area contributed by atoms with E-state index in [2.05, 4.69) is 112 Å². The van der Waals surface area contributed by atoms with Crippen LogP contribution in [0.4, 0.5) is 5.69 Å². The number of pyridine rings is 1. The second kappa shape index (κ2) is 15.7. The Bertz CT molecular complexity index is 1910. The normalized spacial score (nSPS) is 11.1. The van der Waals surface area contributed by atoms with Crippen LogP contribution in [0.2, 0.25) is 0 Å². The SMILES string of the molecule is Cn1c(=O)c(NC(=O)c2ccc(OCCCC[P+](c3ccccc3)(c3ccccc3)c3ccccc3)cc2)cc2cc(Br)ccc21.[Br-]. The van der Waals surface area contributed by atoms with Crippen LogP contribution in [0.15, 0.2) is 149 Å². The van der Waals surface area contributed by atoms with Crippen LogP contribution in [0.25, 0.3) is 10.9 Å². The lowest BCUT2D eigenvalue weighted by Gasteiger charge is -2.27. The quantitative estimate of drug-likeness (QED) is 0.154. The molecule has 238 valence electrons. The van der Waals surface area contributed by atoms with Crippen LogP contribution in [-0.4, -0.2) is 23.2 Å². The first kappa shape index (κ1) is 34.3. The van der Waals surface area contributed by atoms with Gasteiger partial charge in [0.15, 0.2) is 0 Å². The molecule has 0 aliphatic rings. The largest absolute Gasteiger partial charge is 1.00 e. The molecular formula is C39H35Br2N2O3P. The summed E-state index contributed by atoms with van der Waals surface area (Å²) in [5, 5.41) is 7.80. The minimum Gasteiger partial charge on any atom is -1.00 e. The molecule has 0 atom stereocenters. The summed E-state index contributed by atoms with van der Waals surface area (Å²) in [6, 6.07) is 47.2. The number of anilines is 1. The molecule has 6 aromatic rings. The fraction of sp³-hybridized carbons (Fsp3) is 0.128. The van der Waals surface area contributed by atoms with Crippen molar-refractivity contribution >= 4 is 61.6 Å². The van der Waals surface area contributed by atoms with Gasteiger partial charge < -0.3 is 31.6 Å². The van der Waals surface area contributed by atoms with Crippen LogP contribution in [-0.2, 0) is 7.05 Å². The van der Waals surface area contributed by atoms with Gasteiger partial charge in [-0.1, -0.05) is 70.5 Å². The molecule has 0 saturated heterocycles. The molecule has 1 aromatic heterocycles. The number of benzene rings is 5. The van der Waals surface area contributed by atoms with E-state index in [1.165, 1.54) is 15.9 Å². The highest BCUT2D eigenvalue weighted by Crippen LogP contribution is 2.55. The Labute approximate surface area is 294 Å². The topological polar surface area (TPSA) is 60.3 Å². The lowest BCUT2D eigenvalue weighted by molar-refractivity contribution is -0.0000170. The van der Waals surface area contributed by atoms with Gasteiger partial charge in [-0.3, -0.25) is 9.59 Å². The Morgan fingerprint density at radius 3 is 1.85 bits per heavy atom. The van der Waals surface area contributed by atoms with Gasteiger partial charge in [0.2, 0.25) is 0 Å². The third kappa shape index (κ3) is 7.59. The summed E-state index contributed by atoms with van der Waals surface area (Å²) in [7, 11) is -0.160. The standard InChI is InChI=1S/C39H34BrN2O3P.BrH/c1-42-37-24-21-31(40)27-30(37)28-36(39(42)44)41-38(43)29-19-22-32(23-20-29)45-25-11-12-26-46(33-13-5-2-6-14-33,34-15-7-3-8-16-34)35-17-9-4-10-18-35;/h2-10,13-24,27-28H,11-12,25-26H2,1H3;1H. The van der Waals surface area contributed by atoms with Gasteiger partial charge in [-0.05, 0) is 97.8 Å². The Hall–Kier alpha value is -4.03. The first-order valence-corrected chi connectivity index (χ1v) is 18.1.